The number of carboxylic acid groups (broad SMARTS) is 1. The molecular formula is C15H15N3O3. The number of aryl methyl sites for hydroxylation is 1. The first-order chi connectivity index (χ1) is 10.1. The van der Waals surface area contributed by atoms with E-state index in [9.17, 15) is 9.59 Å². The van der Waals surface area contributed by atoms with E-state index in [2.05, 4.69) is 15.5 Å². The van der Waals surface area contributed by atoms with Crippen LogP contribution in [0.1, 0.15) is 38.4 Å². The minimum absolute atomic E-state index is 0.00713. The van der Waals surface area contributed by atoms with Gasteiger partial charge in [0.05, 0.1) is 17.3 Å². The molecule has 0 bridgehead atoms. The lowest BCUT2D eigenvalue weighted by molar-refractivity contribution is 0.0690. The molecule has 1 aromatic carbocycles. The number of carbonyl (C=O) groups is 2. The van der Waals surface area contributed by atoms with Gasteiger partial charge in [-0.3, -0.25) is 9.89 Å². The van der Waals surface area contributed by atoms with Gasteiger partial charge in [0.1, 0.15) is 0 Å². The minimum Gasteiger partial charge on any atom is -0.478 e. The zero-order valence-corrected chi connectivity index (χ0v) is 11.3. The van der Waals surface area contributed by atoms with Gasteiger partial charge in [0.15, 0.2) is 0 Å². The van der Waals surface area contributed by atoms with Crippen molar-refractivity contribution in [3.05, 3.63) is 52.8 Å². The predicted octanol–water partition coefficient (Wildman–Crippen LogP) is 1.40. The topological polar surface area (TPSA) is 95.1 Å². The molecule has 3 N–H and O–H groups in total. The van der Waals surface area contributed by atoms with Crippen molar-refractivity contribution < 1.29 is 14.7 Å². The fraction of sp³-hybridized carbons (Fsp3) is 0.267. The molecule has 0 aliphatic heterocycles. The van der Waals surface area contributed by atoms with E-state index in [1.165, 1.54) is 17.7 Å². The van der Waals surface area contributed by atoms with Crippen molar-refractivity contribution in [1.82, 2.24) is 15.5 Å². The number of hydrogen-bond donors (Lipinski definition) is 3. The van der Waals surface area contributed by atoms with Crippen LogP contribution in [-0.2, 0) is 12.8 Å². The minimum atomic E-state index is -1.10. The van der Waals surface area contributed by atoms with Crippen molar-refractivity contribution in [3.8, 4) is 0 Å². The first-order valence-electron chi connectivity index (χ1n) is 6.79. The van der Waals surface area contributed by atoms with E-state index in [1.807, 2.05) is 6.20 Å². The molecule has 6 nitrogen and oxygen atoms in total. The number of aromatic carboxylic acids is 1. The van der Waals surface area contributed by atoms with Gasteiger partial charge in [0.2, 0.25) is 0 Å². The molecule has 21 heavy (non-hydrogen) atoms. The van der Waals surface area contributed by atoms with E-state index in [0.29, 0.717) is 6.42 Å². The van der Waals surface area contributed by atoms with E-state index in [-0.39, 0.29) is 23.1 Å². The van der Waals surface area contributed by atoms with Crippen molar-refractivity contribution in [2.75, 3.05) is 0 Å². The third kappa shape index (κ3) is 2.65. The number of carbonyl (C=O) groups excluding carboxylic acids is 1. The standard InChI is InChI=1S/C15H15N3O3/c19-14(11-3-1-2-4-12(11)15(20)21)17-10-6-5-9-8-16-18-13(9)7-10/h1-4,8,10H,5-7H2,(H,16,18)(H,17,19)(H,20,21). The lowest BCUT2D eigenvalue weighted by atomic mass is 9.93. The van der Waals surface area contributed by atoms with Crippen LogP contribution in [0.3, 0.4) is 0 Å². The summed E-state index contributed by atoms with van der Waals surface area (Å²) >= 11 is 0. The molecule has 108 valence electrons. The Balaban J connectivity index is 1.75. The predicted molar refractivity (Wildman–Crippen MR) is 75.3 cm³/mol. The highest BCUT2D eigenvalue weighted by atomic mass is 16.4. The third-order valence-electron chi connectivity index (χ3n) is 3.76. The smallest absolute Gasteiger partial charge is 0.336 e. The van der Waals surface area contributed by atoms with Crippen LogP contribution in [0.5, 0.6) is 0 Å². The fourth-order valence-electron chi connectivity index (χ4n) is 2.66. The van der Waals surface area contributed by atoms with Gasteiger partial charge in [-0.05, 0) is 30.5 Å². The molecule has 1 aliphatic rings. The van der Waals surface area contributed by atoms with Crippen LogP contribution in [0.25, 0.3) is 0 Å². The Morgan fingerprint density at radius 2 is 2.05 bits per heavy atom. The summed E-state index contributed by atoms with van der Waals surface area (Å²) in [6, 6.07) is 6.23. The lowest BCUT2D eigenvalue weighted by Crippen LogP contribution is -2.39. The summed E-state index contributed by atoms with van der Waals surface area (Å²) in [5, 5.41) is 19.0. The Morgan fingerprint density at radius 3 is 2.81 bits per heavy atom. The summed E-state index contributed by atoms with van der Waals surface area (Å²) in [5.41, 5.74) is 2.44. The van der Waals surface area contributed by atoms with Gasteiger partial charge >= 0.3 is 5.97 Å². The zero-order valence-electron chi connectivity index (χ0n) is 11.3. The maximum Gasteiger partial charge on any atom is 0.336 e. The van der Waals surface area contributed by atoms with Crippen LogP contribution < -0.4 is 5.32 Å². The van der Waals surface area contributed by atoms with Gasteiger partial charge in [-0.2, -0.15) is 5.10 Å². The molecule has 1 amide bonds. The number of H-pyrrole nitrogens is 1. The molecule has 6 heteroatoms. The molecule has 0 fully saturated rings. The van der Waals surface area contributed by atoms with Crippen molar-refractivity contribution >= 4 is 11.9 Å². The van der Waals surface area contributed by atoms with E-state index in [4.69, 9.17) is 5.11 Å². The number of hydrogen-bond acceptors (Lipinski definition) is 3. The van der Waals surface area contributed by atoms with E-state index >= 15 is 0 Å². The number of amides is 1. The number of benzene rings is 1. The average Bonchev–Trinajstić information content (AvgIpc) is 2.94. The molecular weight excluding hydrogens is 270 g/mol. The quantitative estimate of drug-likeness (QED) is 0.794. The molecule has 0 spiro atoms. The van der Waals surface area contributed by atoms with Crippen molar-refractivity contribution in [1.29, 1.82) is 0 Å². The number of carboxylic acids is 1. The highest BCUT2D eigenvalue weighted by molar-refractivity contribution is 6.04. The normalized spacial score (nSPS) is 17.0. The summed E-state index contributed by atoms with van der Waals surface area (Å²) in [6.45, 7) is 0. The number of fused-ring (bicyclic) bond motifs is 1. The molecule has 0 saturated heterocycles. The molecule has 0 saturated carbocycles. The second-order valence-electron chi connectivity index (χ2n) is 5.14. The summed E-state index contributed by atoms with van der Waals surface area (Å²) in [6.07, 6.45) is 4.19. The maximum absolute atomic E-state index is 12.3. The van der Waals surface area contributed by atoms with Gasteiger partial charge in [0, 0.05) is 18.2 Å². The van der Waals surface area contributed by atoms with Gasteiger partial charge in [-0.15, -0.1) is 0 Å². The maximum atomic E-state index is 12.3. The fourth-order valence-corrected chi connectivity index (χ4v) is 2.66. The molecule has 1 aromatic heterocycles. The van der Waals surface area contributed by atoms with Gasteiger partial charge < -0.3 is 10.4 Å². The summed E-state index contributed by atoms with van der Waals surface area (Å²) in [4.78, 5) is 23.4. The van der Waals surface area contributed by atoms with Gasteiger partial charge in [0.25, 0.3) is 5.91 Å². The number of aromatic nitrogens is 2. The number of aromatic amines is 1. The van der Waals surface area contributed by atoms with E-state index in [0.717, 1.165) is 18.5 Å². The highest BCUT2D eigenvalue weighted by Gasteiger charge is 2.23. The highest BCUT2D eigenvalue weighted by Crippen LogP contribution is 2.19. The first kappa shape index (κ1) is 13.4. The van der Waals surface area contributed by atoms with Crippen LogP contribution in [0.4, 0.5) is 0 Å². The monoisotopic (exact) mass is 285 g/mol. The summed E-state index contributed by atoms with van der Waals surface area (Å²) < 4.78 is 0. The number of rotatable bonds is 3. The second-order valence-corrected chi connectivity index (χ2v) is 5.14. The number of nitrogens with one attached hydrogen (secondary N) is 2. The Bertz CT molecular complexity index is 693. The Morgan fingerprint density at radius 1 is 1.29 bits per heavy atom. The van der Waals surface area contributed by atoms with Crippen LogP contribution >= 0.6 is 0 Å². The zero-order chi connectivity index (χ0) is 14.8. The number of nitrogens with zero attached hydrogens (tertiary/aromatic N) is 1. The van der Waals surface area contributed by atoms with Crippen molar-refractivity contribution in [3.63, 3.8) is 0 Å². The molecule has 1 unspecified atom stereocenters. The average molecular weight is 285 g/mol. The molecule has 3 rings (SSSR count). The molecule has 1 heterocycles. The Labute approximate surface area is 121 Å². The van der Waals surface area contributed by atoms with Crippen LogP contribution in [-0.4, -0.2) is 33.2 Å². The summed E-state index contributed by atoms with van der Waals surface area (Å²) in [5.74, 6) is -1.44. The molecule has 1 aliphatic carbocycles. The van der Waals surface area contributed by atoms with Gasteiger partial charge in [-0.25, -0.2) is 4.79 Å². The third-order valence-corrected chi connectivity index (χ3v) is 3.76. The van der Waals surface area contributed by atoms with E-state index in [1.54, 1.807) is 12.1 Å². The van der Waals surface area contributed by atoms with Crippen molar-refractivity contribution in [2.24, 2.45) is 0 Å². The summed E-state index contributed by atoms with van der Waals surface area (Å²) in [7, 11) is 0. The Kier molecular flexibility index (Phi) is 3.43. The second kappa shape index (κ2) is 5.40. The first-order valence-corrected chi connectivity index (χ1v) is 6.79. The largest absolute Gasteiger partial charge is 0.478 e. The Hall–Kier alpha value is -2.63. The van der Waals surface area contributed by atoms with Gasteiger partial charge in [-0.1, -0.05) is 12.1 Å². The van der Waals surface area contributed by atoms with E-state index < -0.39 is 5.97 Å². The molecule has 0 radical (unpaired) electrons. The molecule has 1 atom stereocenters. The van der Waals surface area contributed by atoms with Crippen LogP contribution in [0, 0.1) is 0 Å². The lowest BCUT2D eigenvalue weighted by Gasteiger charge is -2.23. The SMILES string of the molecule is O=C(O)c1ccccc1C(=O)NC1CCc2cn[nH]c2C1. The van der Waals surface area contributed by atoms with Crippen LogP contribution in [0.15, 0.2) is 30.5 Å². The van der Waals surface area contributed by atoms with Crippen molar-refractivity contribution in [2.45, 2.75) is 25.3 Å². The molecule has 2 aromatic rings. The van der Waals surface area contributed by atoms with Crippen LogP contribution in [0.2, 0.25) is 0 Å².